The third kappa shape index (κ3) is 2.82. The van der Waals surface area contributed by atoms with Crippen molar-refractivity contribution in [1.29, 1.82) is 0 Å². The summed E-state index contributed by atoms with van der Waals surface area (Å²) in [5, 5.41) is 4.14. The van der Waals surface area contributed by atoms with Crippen molar-refractivity contribution in [2.24, 2.45) is 11.1 Å². The Balaban J connectivity index is 1.59. The molecule has 0 aliphatic carbocycles. The van der Waals surface area contributed by atoms with Crippen LogP contribution in [0.3, 0.4) is 0 Å². The molecule has 2 aliphatic heterocycles. The minimum atomic E-state index is -0.829. The molecule has 1 saturated heterocycles. The second-order valence-electron chi connectivity index (χ2n) is 6.19. The van der Waals surface area contributed by atoms with Crippen molar-refractivity contribution in [3.05, 3.63) is 70.0 Å². The van der Waals surface area contributed by atoms with Crippen LogP contribution in [0.5, 0.6) is 0 Å². The molecule has 2 aromatic carbocycles. The van der Waals surface area contributed by atoms with Crippen LogP contribution in [0.2, 0.25) is 5.02 Å². The first-order valence-corrected chi connectivity index (χ1v) is 8.25. The molecule has 2 heterocycles. The standard InChI is InChI=1S/C18H12ClF3N2O2/c19-13-2-1-3-14(22)16(13)17-12-7-24(8-15(12)26-23-17)18(25)9-4-10(20)6-11(21)5-9/h1-6,12,15H,7-8H2. The van der Waals surface area contributed by atoms with Crippen molar-refractivity contribution < 1.29 is 22.8 Å². The van der Waals surface area contributed by atoms with Crippen LogP contribution in [0.25, 0.3) is 0 Å². The molecule has 26 heavy (non-hydrogen) atoms. The highest BCUT2D eigenvalue weighted by Crippen LogP contribution is 2.34. The molecule has 0 saturated carbocycles. The van der Waals surface area contributed by atoms with Gasteiger partial charge in [-0.1, -0.05) is 22.8 Å². The Hall–Kier alpha value is -2.54. The van der Waals surface area contributed by atoms with E-state index in [1.54, 1.807) is 6.07 Å². The van der Waals surface area contributed by atoms with Crippen LogP contribution in [0, 0.1) is 23.4 Å². The summed E-state index contributed by atoms with van der Waals surface area (Å²) >= 11 is 6.09. The molecular formula is C18H12ClF3N2O2. The van der Waals surface area contributed by atoms with E-state index in [9.17, 15) is 18.0 Å². The number of rotatable bonds is 2. The van der Waals surface area contributed by atoms with Gasteiger partial charge in [-0.05, 0) is 24.3 Å². The van der Waals surface area contributed by atoms with Crippen LogP contribution in [-0.2, 0) is 4.84 Å². The fraction of sp³-hybridized carbons (Fsp3) is 0.222. The minimum Gasteiger partial charge on any atom is -0.390 e. The van der Waals surface area contributed by atoms with E-state index >= 15 is 0 Å². The van der Waals surface area contributed by atoms with Crippen LogP contribution in [0.1, 0.15) is 15.9 Å². The summed E-state index contributed by atoms with van der Waals surface area (Å²) in [7, 11) is 0. The molecule has 0 radical (unpaired) electrons. The highest BCUT2D eigenvalue weighted by molar-refractivity contribution is 6.34. The van der Waals surface area contributed by atoms with E-state index in [1.165, 1.54) is 17.0 Å². The van der Waals surface area contributed by atoms with Crippen LogP contribution >= 0.6 is 11.6 Å². The van der Waals surface area contributed by atoms with Gasteiger partial charge in [0.15, 0.2) is 6.10 Å². The zero-order chi connectivity index (χ0) is 18.4. The van der Waals surface area contributed by atoms with E-state index in [4.69, 9.17) is 16.4 Å². The van der Waals surface area contributed by atoms with Crippen molar-refractivity contribution in [2.75, 3.05) is 13.1 Å². The average molecular weight is 381 g/mol. The largest absolute Gasteiger partial charge is 0.390 e. The lowest BCUT2D eigenvalue weighted by Crippen LogP contribution is -2.30. The summed E-state index contributed by atoms with van der Waals surface area (Å²) in [5.74, 6) is -3.08. The third-order valence-corrected chi connectivity index (χ3v) is 4.83. The summed E-state index contributed by atoms with van der Waals surface area (Å²) in [5.41, 5.74) is 0.386. The van der Waals surface area contributed by atoms with Gasteiger partial charge in [-0.25, -0.2) is 13.2 Å². The molecule has 2 atom stereocenters. The molecule has 0 spiro atoms. The van der Waals surface area contributed by atoms with Crippen LogP contribution in [0.4, 0.5) is 13.2 Å². The molecule has 134 valence electrons. The molecule has 2 aromatic rings. The lowest BCUT2D eigenvalue weighted by molar-refractivity contribution is 0.0631. The number of carbonyl (C=O) groups is 1. The summed E-state index contributed by atoms with van der Waals surface area (Å²) in [6, 6.07) is 6.95. The Kier molecular flexibility index (Phi) is 4.11. The number of amides is 1. The predicted octanol–water partition coefficient (Wildman–Crippen LogP) is 3.63. The highest BCUT2D eigenvalue weighted by Gasteiger charge is 2.45. The van der Waals surface area contributed by atoms with Gasteiger partial charge in [0.25, 0.3) is 5.91 Å². The van der Waals surface area contributed by atoms with Gasteiger partial charge in [-0.15, -0.1) is 0 Å². The molecule has 8 heteroatoms. The first-order chi connectivity index (χ1) is 12.4. The number of carbonyl (C=O) groups excluding carboxylic acids is 1. The number of hydrogen-bond donors (Lipinski definition) is 0. The van der Waals surface area contributed by atoms with Crippen molar-refractivity contribution in [2.45, 2.75) is 6.10 Å². The van der Waals surface area contributed by atoms with Gasteiger partial charge in [0.2, 0.25) is 0 Å². The second kappa shape index (κ2) is 6.32. The highest BCUT2D eigenvalue weighted by atomic mass is 35.5. The van der Waals surface area contributed by atoms with Crippen molar-refractivity contribution in [1.82, 2.24) is 4.90 Å². The first-order valence-electron chi connectivity index (χ1n) is 7.87. The van der Waals surface area contributed by atoms with E-state index in [1.807, 2.05) is 0 Å². The zero-order valence-electron chi connectivity index (χ0n) is 13.3. The fourth-order valence-electron chi connectivity index (χ4n) is 3.33. The molecule has 1 amide bonds. The lowest BCUT2D eigenvalue weighted by atomic mass is 9.94. The number of oxime groups is 1. The molecular weight excluding hydrogens is 369 g/mol. The Morgan fingerprint density at radius 2 is 1.88 bits per heavy atom. The normalized spacial score (nSPS) is 21.4. The minimum absolute atomic E-state index is 0.0927. The van der Waals surface area contributed by atoms with Gasteiger partial charge in [0.1, 0.15) is 23.2 Å². The molecule has 2 unspecified atom stereocenters. The summed E-state index contributed by atoms with van der Waals surface area (Å²) in [4.78, 5) is 19.3. The maximum Gasteiger partial charge on any atom is 0.254 e. The quantitative estimate of drug-likeness (QED) is 0.798. The number of benzene rings is 2. The predicted molar refractivity (Wildman–Crippen MR) is 88.6 cm³/mol. The van der Waals surface area contributed by atoms with Crippen molar-refractivity contribution in [3.63, 3.8) is 0 Å². The molecule has 0 bridgehead atoms. The lowest BCUT2D eigenvalue weighted by Gasteiger charge is -2.17. The van der Waals surface area contributed by atoms with Gasteiger partial charge in [0.05, 0.1) is 23.0 Å². The van der Waals surface area contributed by atoms with E-state index in [-0.39, 0.29) is 35.2 Å². The van der Waals surface area contributed by atoms with Gasteiger partial charge < -0.3 is 9.74 Å². The van der Waals surface area contributed by atoms with Crippen LogP contribution in [0.15, 0.2) is 41.6 Å². The van der Waals surface area contributed by atoms with Gasteiger partial charge in [-0.3, -0.25) is 4.79 Å². The Labute approximate surface area is 151 Å². The van der Waals surface area contributed by atoms with Crippen molar-refractivity contribution in [3.8, 4) is 0 Å². The summed E-state index contributed by atoms with van der Waals surface area (Å²) in [6.45, 7) is 0.367. The fourth-order valence-corrected chi connectivity index (χ4v) is 3.59. The monoisotopic (exact) mass is 380 g/mol. The van der Waals surface area contributed by atoms with E-state index < -0.39 is 29.5 Å². The molecule has 2 aliphatic rings. The van der Waals surface area contributed by atoms with E-state index in [2.05, 4.69) is 5.16 Å². The molecule has 4 nitrogen and oxygen atoms in total. The van der Waals surface area contributed by atoms with E-state index in [0.29, 0.717) is 11.8 Å². The van der Waals surface area contributed by atoms with E-state index in [0.717, 1.165) is 12.1 Å². The molecule has 1 fully saturated rings. The van der Waals surface area contributed by atoms with Crippen LogP contribution < -0.4 is 0 Å². The summed E-state index contributed by atoms with van der Waals surface area (Å²) in [6.07, 6.45) is -0.456. The third-order valence-electron chi connectivity index (χ3n) is 4.52. The summed E-state index contributed by atoms with van der Waals surface area (Å²) < 4.78 is 40.9. The Morgan fingerprint density at radius 3 is 2.58 bits per heavy atom. The second-order valence-corrected chi connectivity index (χ2v) is 6.60. The maximum absolute atomic E-state index is 14.2. The van der Waals surface area contributed by atoms with Crippen molar-refractivity contribution >= 4 is 23.2 Å². The number of hydrogen-bond acceptors (Lipinski definition) is 3. The number of halogens is 4. The number of likely N-dealkylation sites (tertiary alicyclic amines) is 1. The van der Waals surface area contributed by atoms with Gasteiger partial charge >= 0.3 is 0 Å². The number of nitrogens with zero attached hydrogens (tertiary/aromatic N) is 2. The SMILES string of the molecule is O=C(c1cc(F)cc(F)c1)N1CC2ON=C(c3c(F)cccc3Cl)C2C1. The number of fused-ring (bicyclic) bond motifs is 1. The molecule has 0 aromatic heterocycles. The molecule has 4 rings (SSSR count). The average Bonchev–Trinajstić information content (AvgIpc) is 3.15. The smallest absolute Gasteiger partial charge is 0.254 e. The van der Waals surface area contributed by atoms with Gasteiger partial charge in [-0.2, -0.15) is 0 Å². The Morgan fingerprint density at radius 1 is 1.15 bits per heavy atom. The first kappa shape index (κ1) is 16.9. The molecule has 0 N–H and O–H groups in total. The zero-order valence-corrected chi connectivity index (χ0v) is 14.0. The van der Waals surface area contributed by atoms with Gasteiger partial charge in [0, 0.05) is 18.2 Å². The topological polar surface area (TPSA) is 41.9 Å². The van der Waals surface area contributed by atoms with Crippen LogP contribution in [-0.4, -0.2) is 35.7 Å². The maximum atomic E-state index is 14.2. The Bertz CT molecular complexity index is 894.